The number of rotatable bonds is 6. The summed E-state index contributed by atoms with van der Waals surface area (Å²) in [6.45, 7) is 7.77. The van der Waals surface area contributed by atoms with Crippen molar-refractivity contribution in [3.05, 3.63) is 0 Å². The summed E-state index contributed by atoms with van der Waals surface area (Å²) in [5, 5.41) is 11.5. The normalized spacial score (nSPS) is 19.8. The summed E-state index contributed by atoms with van der Waals surface area (Å²) >= 11 is 1.57. The minimum Gasteiger partial charge on any atom is -0.481 e. The number of carbonyl (C=O) groups is 3. The maximum atomic E-state index is 12.3. The van der Waals surface area contributed by atoms with Crippen LogP contribution in [0.1, 0.15) is 47.0 Å². The lowest BCUT2D eigenvalue weighted by molar-refractivity contribution is -0.139. The van der Waals surface area contributed by atoms with Gasteiger partial charge in [-0.1, -0.05) is 20.8 Å². The van der Waals surface area contributed by atoms with Crippen LogP contribution in [-0.4, -0.2) is 51.5 Å². The minimum atomic E-state index is -0.875. The van der Waals surface area contributed by atoms with E-state index < -0.39 is 12.0 Å². The molecule has 1 aliphatic heterocycles. The van der Waals surface area contributed by atoms with E-state index in [0.717, 1.165) is 0 Å². The molecule has 1 fully saturated rings. The topological polar surface area (TPSA) is 86.7 Å². The van der Waals surface area contributed by atoms with E-state index in [1.165, 1.54) is 0 Å². The van der Waals surface area contributed by atoms with Crippen molar-refractivity contribution in [3.8, 4) is 0 Å². The van der Waals surface area contributed by atoms with Crippen LogP contribution in [0.4, 0.5) is 0 Å². The van der Waals surface area contributed by atoms with Crippen LogP contribution < -0.4 is 5.32 Å². The molecule has 0 aromatic carbocycles. The number of hydrogen-bond donors (Lipinski definition) is 2. The van der Waals surface area contributed by atoms with E-state index in [1.807, 2.05) is 20.8 Å². The van der Waals surface area contributed by atoms with Gasteiger partial charge in [-0.15, -0.1) is 11.8 Å². The number of nitrogens with one attached hydrogen (secondary N) is 1. The summed E-state index contributed by atoms with van der Waals surface area (Å²) in [4.78, 5) is 36.8. The Balaban J connectivity index is 2.56. The smallest absolute Gasteiger partial charge is 0.303 e. The van der Waals surface area contributed by atoms with Gasteiger partial charge in [-0.25, -0.2) is 0 Å². The van der Waals surface area contributed by atoms with Gasteiger partial charge in [0.2, 0.25) is 11.8 Å². The van der Waals surface area contributed by atoms with Crippen molar-refractivity contribution in [1.82, 2.24) is 10.2 Å². The van der Waals surface area contributed by atoms with Crippen molar-refractivity contribution in [3.63, 3.8) is 0 Å². The Bertz CT molecular complexity index is 434. The van der Waals surface area contributed by atoms with Gasteiger partial charge in [-0.05, 0) is 18.8 Å². The molecule has 22 heavy (non-hydrogen) atoms. The van der Waals surface area contributed by atoms with Crippen molar-refractivity contribution in [2.45, 2.75) is 59.0 Å². The fraction of sp³-hybridized carbons (Fsp3) is 0.800. The van der Waals surface area contributed by atoms with Gasteiger partial charge in [-0.2, -0.15) is 0 Å². The highest BCUT2D eigenvalue weighted by Crippen LogP contribution is 2.26. The maximum Gasteiger partial charge on any atom is 0.303 e. The summed E-state index contributed by atoms with van der Waals surface area (Å²) < 4.78 is 0. The van der Waals surface area contributed by atoms with Crippen LogP contribution in [0.2, 0.25) is 0 Å². The van der Waals surface area contributed by atoms with Crippen molar-refractivity contribution in [2.24, 2.45) is 5.41 Å². The lowest BCUT2D eigenvalue weighted by Crippen LogP contribution is -2.50. The fourth-order valence-corrected chi connectivity index (χ4v) is 3.39. The quantitative estimate of drug-likeness (QED) is 0.774. The van der Waals surface area contributed by atoms with Crippen molar-refractivity contribution in [2.75, 3.05) is 11.6 Å². The summed E-state index contributed by atoms with van der Waals surface area (Å²) in [5.74, 6) is 0.0599. The average Bonchev–Trinajstić information content (AvgIpc) is 2.83. The molecule has 2 N–H and O–H groups in total. The maximum absolute atomic E-state index is 12.3. The van der Waals surface area contributed by atoms with Crippen LogP contribution in [0, 0.1) is 5.41 Å². The van der Waals surface area contributed by atoms with E-state index in [4.69, 9.17) is 5.11 Å². The van der Waals surface area contributed by atoms with Gasteiger partial charge >= 0.3 is 5.97 Å². The second-order valence-corrected chi connectivity index (χ2v) is 7.96. The van der Waals surface area contributed by atoms with Crippen molar-refractivity contribution >= 4 is 29.5 Å². The molecule has 1 heterocycles. The van der Waals surface area contributed by atoms with Crippen LogP contribution in [0.5, 0.6) is 0 Å². The molecule has 0 aromatic heterocycles. The fourth-order valence-electron chi connectivity index (χ4n) is 2.21. The molecule has 0 aromatic rings. The Morgan fingerprint density at radius 3 is 2.55 bits per heavy atom. The average molecular weight is 330 g/mol. The predicted molar refractivity (Wildman–Crippen MR) is 86.5 cm³/mol. The van der Waals surface area contributed by atoms with E-state index in [0.29, 0.717) is 24.5 Å². The molecule has 126 valence electrons. The highest BCUT2D eigenvalue weighted by Gasteiger charge is 2.36. The number of hydrogen-bond acceptors (Lipinski definition) is 4. The summed E-state index contributed by atoms with van der Waals surface area (Å²) in [6, 6.07) is -0.666. The third-order valence-corrected chi connectivity index (χ3v) is 4.38. The molecule has 0 saturated carbocycles. The van der Waals surface area contributed by atoms with Gasteiger partial charge in [-0.3, -0.25) is 14.4 Å². The molecule has 7 heteroatoms. The number of carbonyl (C=O) groups excluding carboxylic acids is 2. The second kappa shape index (κ2) is 7.85. The minimum absolute atomic E-state index is 0.00385. The van der Waals surface area contributed by atoms with E-state index >= 15 is 0 Å². The molecule has 1 aliphatic rings. The standard InChI is InChI=1S/C15H26N2O4S/c1-10(5-6-13(19)20)16-14(21)11-8-22-9-17(11)12(18)7-15(2,3)4/h10-11H,5-9H2,1-4H3,(H,16,21)(H,19,20). The molecular weight excluding hydrogens is 304 g/mol. The first-order chi connectivity index (χ1) is 10.1. The summed E-state index contributed by atoms with van der Waals surface area (Å²) in [7, 11) is 0. The molecule has 2 unspecified atom stereocenters. The largest absolute Gasteiger partial charge is 0.481 e. The van der Waals surface area contributed by atoms with Crippen LogP contribution in [-0.2, 0) is 14.4 Å². The molecule has 0 bridgehead atoms. The van der Waals surface area contributed by atoms with Gasteiger partial charge in [0.15, 0.2) is 0 Å². The molecule has 2 atom stereocenters. The Hall–Kier alpha value is -1.24. The summed E-state index contributed by atoms with van der Waals surface area (Å²) in [6.07, 6.45) is 0.816. The molecule has 0 aliphatic carbocycles. The molecular formula is C15H26N2O4S. The van der Waals surface area contributed by atoms with Gasteiger partial charge < -0.3 is 15.3 Å². The Morgan fingerprint density at radius 1 is 1.36 bits per heavy atom. The molecule has 0 spiro atoms. The first-order valence-corrected chi connectivity index (χ1v) is 8.65. The highest BCUT2D eigenvalue weighted by atomic mass is 32.2. The van der Waals surface area contributed by atoms with E-state index in [1.54, 1.807) is 23.6 Å². The first-order valence-electron chi connectivity index (χ1n) is 7.49. The zero-order chi connectivity index (χ0) is 16.9. The number of aliphatic carboxylic acids is 1. The number of carboxylic acids is 1. The lowest BCUT2D eigenvalue weighted by atomic mass is 9.91. The third-order valence-electron chi connectivity index (χ3n) is 3.37. The Labute approximate surface area is 136 Å². The Morgan fingerprint density at radius 2 is 2.00 bits per heavy atom. The van der Waals surface area contributed by atoms with Crippen molar-refractivity contribution in [1.29, 1.82) is 0 Å². The number of nitrogens with zero attached hydrogens (tertiary/aromatic N) is 1. The van der Waals surface area contributed by atoms with Crippen LogP contribution >= 0.6 is 11.8 Å². The molecule has 2 amide bonds. The van der Waals surface area contributed by atoms with Crippen LogP contribution in [0.25, 0.3) is 0 Å². The van der Waals surface area contributed by atoms with E-state index in [9.17, 15) is 14.4 Å². The molecule has 6 nitrogen and oxygen atoms in total. The van der Waals surface area contributed by atoms with Gasteiger partial charge in [0, 0.05) is 24.6 Å². The van der Waals surface area contributed by atoms with Gasteiger partial charge in [0.25, 0.3) is 0 Å². The van der Waals surface area contributed by atoms with E-state index in [2.05, 4.69) is 5.32 Å². The lowest BCUT2D eigenvalue weighted by Gasteiger charge is -2.27. The molecule has 0 radical (unpaired) electrons. The Kier molecular flexibility index (Phi) is 6.71. The van der Waals surface area contributed by atoms with Gasteiger partial charge in [0.1, 0.15) is 6.04 Å². The highest BCUT2D eigenvalue weighted by molar-refractivity contribution is 7.99. The zero-order valence-corrected chi connectivity index (χ0v) is 14.5. The van der Waals surface area contributed by atoms with Gasteiger partial charge in [0.05, 0.1) is 5.88 Å². The van der Waals surface area contributed by atoms with E-state index in [-0.39, 0.29) is 29.7 Å². The van der Waals surface area contributed by atoms with Crippen LogP contribution in [0.15, 0.2) is 0 Å². The second-order valence-electron chi connectivity index (χ2n) is 6.96. The predicted octanol–water partition coefficient (Wildman–Crippen LogP) is 1.69. The number of thioether (sulfide) groups is 1. The SMILES string of the molecule is CC(CCC(=O)O)NC(=O)C1CSCN1C(=O)CC(C)(C)C. The summed E-state index contributed by atoms with van der Waals surface area (Å²) in [5.41, 5.74) is -0.111. The molecule has 1 saturated heterocycles. The number of amides is 2. The first kappa shape index (κ1) is 18.8. The third kappa shape index (κ3) is 6.25. The molecule has 1 rings (SSSR count). The van der Waals surface area contributed by atoms with Crippen molar-refractivity contribution < 1.29 is 19.5 Å². The number of carboxylic acid groups (broad SMARTS) is 1. The monoisotopic (exact) mass is 330 g/mol. The van der Waals surface area contributed by atoms with Crippen LogP contribution in [0.3, 0.4) is 0 Å². The zero-order valence-electron chi connectivity index (χ0n) is 13.7.